The van der Waals surface area contributed by atoms with Crippen molar-refractivity contribution >= 4 is 11.6 Å². The van der Waals surface area contributed by atoms with Crippen molar-refractivity contribution in [1.82, 2.24) is 5.06 Å². The molecule has 0 aromatic heterocycles. The van der Waals surface area contributed by atoms with Gasteiger partial charge in [-0.15, -0.1) is 0 Å². The molecule has 0 N–H and O–H groups in total. The van der Waals surface area contributed by atoms with Crippen LogP contribution >= 0.6 is 11.6 Å². The molecule has 0 saturated carbocycles. The quantitative estimate of drug-likeness (QED) is 0.801. The lowest BCUT2D eigenvalue weighted by Crippen LogP contribution is -2.29. The van der Waals surface area contributed by atoms with Gasteiger partial charge in [-0.1, -0.05) is 23.7 Å². The van der Waals surface area contributed by atoms with Crippen molar-refractivity contribution < 1.29 is 4.84 Å². The minimum Gasteiger partial charge on any atom is -0.294 e. The van der Waals surface area contributed by atoms with Gasteiger partial charge >= 0.3 is 0 Å². The van der Waals surface area contributed by atoms with E-state index in [0.29, 0.717) is 6.61 Å². The lowest BCUT2D eigenvalue weighted by Gasteiger charge is -2.25. The monoisotopic (exact) mass is 238 g/mol. The molecule has 3 heteroatoms. The molecule has 1 saturated heterocycles. The van der Waals surface area contributed by atoms with Gasteiger partial charge in [0.2, 0.25) is 0 Å². The molecule has 2 rings (SSSR count). The fourth-order valence-electron chi connectivity index (χ4n) is 1.79. The Morgan fingerprint density at radius 1 is 1.31 bits per heavy atom. The van der Waals surface area contributed by atoms with Gasteiger partial charge in [-0.25, -0.2) is 0 Å². The summed E-state index contributed by atoms with van der Waals surface area (Å²) in [6, 6.07) is 6.08. The van der Waals surface area contributed by atoms with Gasteiger partial charge in [0.15, 0.2) is 0 Å². The largest absolute Gasteiger partial charge is 0.294 e. The number of benzene rings is 1. The third kappa shape index (κ3) is 3.21. The van der Waals surface area contributed by atoms with E-state index in [2.05, 4.69) is 12.5 Å². The Kier molecular flexibility index (Phi) is 4.22. The van der Waals surface area contributed by atoms with E-state index in [-0.39, 0.29) is 0 Å². The summed E-state index contributed by atoms with van der Waals surface area (Å²) in [5.74, 6) is 0. The second kappa shape index (κ2) is 5.67. The lowest BCUT2D eigenvalue weighted by molar-refractivity contribution is -0.174. The van der Waals surface area contributed by atoms with Gasteiger partial charge < -0.3 is 0 Å². The number of nitrogens with zero attached hydrogens (tertiary/aromatic N) is 1. The topological polar surface area (TPSA) is 12.5 Å². The van der Waals surface area contributed by atoms with Crippen molar-refractivity contribution in [2.75, 3.05) is 13.1 Å². The highest BCUT2D eigenvalue weighted by Crippen LogP contribution is 2.19. The molecule has 1 fully saturated rings. The van der Waals surface area contributed by atoms with Crippen LogP contribution in [0.2, 0.25) is 5.02 Å². The number of halogens is 1. The van der Waals surface area contributed by atoms with Crippen molar-refractivity contribution in [2.24, 2.45) is 0 Å². The summed E-state index contributed by atoms with van der Waals surface area (Å²) in [6.45, 7) is 4.59. The molecule has 1 aromatic rings. The second-order valence-corrected chi connectivity index (χ2v) is 4.57. The summed E-state index contributed by atoms with van der Waals surface area (Å²) < 4.78 is 0. The molecule has 1 aromatic carbocycles. The van der Waals surface area contributed by atoms with Crippen LogP contribution in [0.4, 0.5) is 0 Å². The van der Waals surface area contributed by atoms with Crippen LogP contribution in [0.5, 0.6) is 0 Å². The fraction of sp³-hybridized carbons (Fsp3) is 0.462. The van der Waals surface area contributed by atoms with E-state index in [1.165, 1.54) is 5.56 Å². The molecule has 1 aliphatic rings. The molecule has 0 bridgehead atoms. The number of hydrogen-bond acceptors (Lipinski definition) is 2. The minimum atomic E-state index is 0.569. The average Bonchev–Trinajstić information content (AvgIpc) is 2.29. The van der Waals surface area contributed by atoms with E-state index in [9.17, 15) is 0 Å². The summed E-state index contributed by atoms with van der Waals surface area (Å²) in [5, 5.41) is 2.82. The Labute approximate surface area is 102 Å². The zero-order chi connectivity index (χ0) is 11.4. The molecule has 0 aliphatic carbocycles. The summed E-state index contributed by atoms with van der Waals surface area (Å²) in [4.78, 5) is 5.72. The Balaban J connectivity index is 1.88. The van der Waals surface area contributed by atoms with E-state index in [1.54, 1.807) is 0 Å². The predicted octanol–water partition coefficient (Wildman–Crippen LogP) is 3.38. The first-order chi connectivity index (χ1) is 7.75. The third-order valence-corrected chi connectivity index (χ3v) is 3.13. The van der Waals surface area contributed by atoms with Gasteiger partial charge in [-0.05, 0) is 43.4 Å². The fourth-order valence-corrected chi connectivity index (χ4v) is 2.08. The highest BCUT2D eigenvalue weighted by molar-refractivity contribution is 6.31. The maximum Gasteiger partial charge on any atom is 0.0950 e. The molecule has 1 heterocycles. The zero-order valence-electron chi connectivity index (χ0n) is 9.58. The number of hydroxylamine groups is 2. The molecule has 2 nitrogen and oxygen atoms in total. The van der Waals surface area contributed by atoms with Crippen LogP contribution in [0.1, 0.15) is 24.0 Å². The second-order valence-electron chi connectivity index (χ2n) is 4.16. The molecule has 16 heavy (non-hydrogen) atoms. The molecular weight excluding hydrogens is 222 g/mol. The van der Waals surface area contributed by atoms with Crippen LogP contribution in [-0.2, 0) is 11.4 Å². The molecule has 87 valence electrons. The van der Waals surface area contributed by atoms with Crippen molar-refractivity contribution in [1.29, 1.82) is 0 Å². The molecule has 1 aliphatic heterocycles. The van der Waals surface area contributed by atoms with Crippen LogP contribution < -0.4 is 0 Å². The number of piperidine rings is 1. The Bertz CT molecular complexity index is 348. The first-order valence-corrected chi connectivity index (χ1v) is 6.08. The molecule has 0 unspecified atom stereocenters. The SMILES string of the molecule is Cc1ccc(CON2CC[CH]CC2)c(Cl)c1. The maximum atomic E-state index is 6.14. The van der Waals surface area contributed by atoms with Crippen LogP contribution in [0, 0.1) is 13.3 Å². The predicted molar refractivity (Wildman–Crippen MR) is 66.1 cm³/mol. The van der Waals surface area contributed by atoms with Gasteiger partial charge in [0.05, 0.1) is 6.61 Å². The first kappa shape index (κ1) is 11.9. The van der Waals surface area contributed by atoms with Crippen molar-refractivity contribution in [2.45, 2.75) is 26.4 Å². The van der Waals surface area contributed by atoms with E-state index in [1.807, 2.05) is 24.1 Å². The van der Waals surface area contributed by atoms with Crippen molar-refractivity contribution in [3.05, 3.63) is 40.8 Å². The number of hydrogen-bond donors (Lipinski definition) is 0. The summed E-state index contributed by atoms with van der Waals surface area (Å²) in [5.41, 5.74) is 2.24. The van der Waals surface area contributed by atoms with E-state index in [0.717, 1.165) is 36.5 Å². The molecule has 0 amide bonds. The maximum absolute atomic E-state index is 6.14. The standard InChI is InChI=1S/C13H17ClNO/c1-11-5-6-12(13(14)9-11)10-16-15-7-3-2-4-8-15/h2,5-6,9H,3-4,7-8,10H2,1H3. The Hall–Kier alpha value is -0.570. The van der Waals surface area contributed by atoms with Crippen LogP contribution in [0.3, 0.4) is 0 Å². The van der Waals surface area contributed by atoms with Gasteiger partial charge in [-0.2, -0.15) is 5.06 Å². The molecule has 1 radical (unpaired) electrons. The van der Waals surface area contributed by atoms with Crippen molar-refractivity contribution in [3.8, 4) is 0 Å². The summed E-state index contributed by atoms with van der Waals surface area (Å²) in [7, 11) is 0. The normalized spacial score (nSPS) is 17.6. The first-order valence-electron chi connectivity index (χ1n) is 5.70. The molecular formula is C13H17ClNO. The summed E-state index contributed by atoms with van der Waals surface area (Å²) >= 11 is 6.14. The molecule has 0 spiro atoms. The lowest BCUT2D eigenvalue weighted by atomic mass is 10.1. The van der Waals surface area contributed by atoms with E-state index >= 15 is 0 Å². The smallest absolute Gasteiger partial charge is 0.0950 e. The third-order valence-electron chi connectivity index (χ3n) is 2.78. The Morgan fingerprint density at radius 3 is 2.75 bits per heavy atom. The van der Waals surface area contributed by atoms with Gasteiger partial charge in [0, 0.05) is 18.1 Å². The average molecular weight is 239 g/mol. The van der Waals surface area contributed by atoms with Crippen LogP contribution in [0.25, 0.3) is 0 Å². The number of rotatable bonds is 3. The highest BCUT2D eigenvalue weighted by Gasteiger charge is 2.11. The van der Waals surface area contributed by atoms with Crippen LogP contribution in [0.15, 0.2) is 18.2 Å². The van der Waals surface area contributed by atoms with Gasteiger partial charge in [0.25, 0.3) is 0 Å². The van der Waals surface area contributed by atoms with Crippen molar-refractivity contribution in [3.63, 3.8) is 0 Å². The highest BCUT2D eigenvalue weighted by atomic mass is 35.5. The molecule has 0 atom stereocenters. The summed E-state index contributed by atoms with van der Waals surface area (Å²) in [6.07, 6.45) is 4.53. The minimum absolute atomic E-state index is 0.569. The zero-order valence-corrected chi connectivity index (χ0v) is 10.3. The van der Waals surface area contributed by atoms with Gasteiger partial charge in [0.1, 0.15) is 0 Å². The Morgan fingerprint density at radius 2 is 2.06 bits per heavy atom. The van der Waals surface area contributed by atoms with Gasteiger partial charge in [-0.3, -0.25) is 4.84 Å². The number of aryl methyl sites for hydroxylation is 1. The van der Waals surface area contributed by atoms with E-state index < -0.39 is 0 Å². The van der Waals surface area contributed by atoms with E-state index in [4.69, 9.17) is 16.4 Å². The van der Waals surface area contributed by atoms with Crippen LogP contribution in [-0.4, -0.2) is 18.2 Å².